The molecule has 0 radical (unpaired) electrons. The number of ether oxygens (including phenoxy) is 1. The molecule has 0 amide bonds. The Morgan fingerprint density at radius 1 is 1.44 bits per heavy atom. The van der Waals surface area contributed by atoms with Crippen molar-refractivity contribution in [3.63, 3.8) is 0 Å². The number of hydrogen-bond acceptors (Lipinski definition) is 4. The van der Waals surface area contributed by atoms with Crippen LogP contribution in [0.3, 0.4) is 0 Å². The van der Waals surface area contributed by atoms with E-state index in [-0.39, 0.29) is 22.0 Å². The number of rotatable bonds is 1. The molecular weight excluding hydrogens is 230 g/mol. The predicted molar refractivity (Wildman–Crippen MR) is 62.7 cm³/mol. The first-order valence-corrected chi connectivity index (χ1v) is 5.10. The molecule has 5 heteroatoms. The Morgan fingerprint density at radius 2 is 2.00 bits per heavy atom. The molecule has 3 N–H and O–H groups in total. The van der Waals surface area contributed by atoms with Crippen LogP contribution < -0.4 is 5.73 Å². The summed E-state index contributed by atoms with van der Waals surface area (Å²) in [4.78, 5) is 11.8. The lowest BCUT2D eigenvalue weighted by molar-refractivity contribution is 0.00707. The lowest BCUT2D eigenvalue weighted by Gasteiger charge is -2.20. The first-order valence-electron chi connectivity index (χ1n) is 4.72. The molecule has 0 aliphatic heterocycles. The van der Waals surface area contributed by atoms with Gasteiger partial charge in [-0.05, 0) is 32.9 Å². The smallest absolute Gasteiger partial charge is 0.342 e. The molecule has 4 nitrogen and oxygen atoms in total. The average Bonchev–Trinajstić information content (AvgIpc) is 2.09. The van der Waals surface area contributed by atoms with E-state index in [0.717, 1.165) is 0 Å². The van der Waals surface area contributed by atoms with Gasteiger partial charge in [-0.25, -0.2) is 4.79 Å². The summed E-state index contributed by atoms with van der Waals surface area (Å²) in [7, 11) is 0. The first-order chi connectivity index (χ1) is 7.22. The molecule has 0 heterocycles. The minimum absolute atomic E-state index is 0.00316. The van der Waals surface area contributed by atoms with Crippen molar-refractivity contribution in [2.75, 3.05) is 5.73 Å². The van der Waals surface area contributed by atoms with Crippen molar-refractivity contribution in [3.8, 4) is 5.75 Å². The Hall–Kier alpha value is -1.42. The average molecular weight is 244 g/mol. The van der Waals surface area contributed by atoms with Crippen LogP contribution in [0, 0.1) is 0 Å². The van der Waals surface area contributed by atoms with Crippen LogP contribution in [0.15, 0.2) is 12.1 Å². The van der Waals surface area contributed by atoms with Crippen LogP contribution in [0.4, 0.5) is 5.69 Å². The number of carbonyl (C=O) groups excluding carboxylic acids is 1. The second-order valence-electron chi connectivity index (χ2n) is 4.36. The fraction of sp³-hybridized carbons (Fsp3) is 0.364. The maximum Gasteiger partial charge on any atom is 0.342 e. The molecule has 0 spiro atoms. The molecule has 0 saturated heterocycles. The topological polar surface area (TPSA) is 72.5 Å². The van der Waals surface area contributed by atoms with Crippen LogP contribution >= 0.6 is 11.6 Å². The number of phenols is 1. The number of hydrogen-bond donors (Lipinski definition) is 2. The van der Waals surface area contributed by atoms with Gasteiger partial charge < -0.3 is 15.6 Å². The van der Waals surface area contributed by atoms with Crippen LogP contribution in [0.1, 0.15) is 31.1 Å². The summed E-state index contributed by atoms with van der Waals surface area (Å²) in [5.74, 6) is -0.837. The molecule has 0 unspecified atom stereocenters. The molecule has 0 saturated carbocycles. The molecule has 0 fully saturated rings. The highest BCUT2D eigenvalue weighted by Crippen LogP contribution is 2.31. The maximum absolute atomic E-state index is 11.8. The van der Waals surface area contributed by atoms with Gasteiger partial charge in [0.2, 0.25) is 0 Å². The molecule has 1 rings (SSSR count). The highest BCUT2D eigenvalue weighted by atomic mass is 35.5. The van der Waals surface area contributed by atoms with E-state index in [1.54, 1.807) is 20.8 Å². The Bertz CT molecular complexity index is 424. The minimum Gasteiger partial charge on any atom is -0.506 e. The van der Waals surface area contributed by atoms with E-state index in [1.807, 2.05) is 0 Å². The molecule has 0 aliphatic rings. The standard InChI is InChI=1S/C11H14ClNO3/c1-11(2,3)16-10(15)8-6(12)4-5-7(14)9(8)13/h4-5,14H,13H2,1-3H3. The Labute approximate surface area is 99.0 Å². The van der Waals surface area contributed by atoms with Crippen LogP contribution in [-0.2, 0) is 4.74 Å². The van der Waals surface area contributed by atoms with Gasteiger partial charge in [-0.15, -0.1) is 0 Å². The van der Waals surface area contributed by atoms with Gasteiger partial charge in [0.1, 0.15) is 16.9 Å². The van der Waals surface area contributed by atoms with Crippen molar-refractivity contribution >= 4 is 23.3 Å². The molecule has 88 valence electrons. The molecule has 0 atom stereocenters. The second-order valence-corrected chi connectivity index (χ2v) is 4.76. The van der Waals surface area contributed by atoms with Gasteiger partial charge in [-0.1, -0.05) is 11.6 Å². The monoisotopic (exact) mass is 243 g/mol. The number of nitrogen functional groups attached to an aromatic ring is 1. The maximum atomic E-state index is 11.8. The van der Waals surface area contributed by atoms with Gasteiger partial charge in [0.05, 0.1) is 10.7 Å². The van der Waals surface area contributed by atoms with Gasteiger partial charge in [0.15, 0.2) is 0 Å². The second kappa shape index (κ2) is 4.22. The molecule has 0 aromatic heterocycles. The van der Waals surface area contributed by atoms with Crippen molar-refractivity contribution in [3.05, 3.63) is 22.7 Å². The molecule has 0 aliphatic carbocycles. The molecule has 1 aromatic carbocycles. The summed E-state index contributed by atoms with van der Waals surface area (Å²) in [6.07, 6.45) is 0. The lowest BCUT2D eigenvalue weighted by atomic mass is 10.1. The van der Waals surface area contributed by atoms with E-state index in [1.165, 1.54) is 12.1 Å². The largest absolute Gasteiger partial charge is 0.506 e. The third-order valence-corrected chi connectivity index (χ3v) is 2.09. The van der Waals surface area contributed by atoms with Gasteiger partial charge in [-0.2, -0.15) is 0 Å². The molecule has 0 bridgehead atoms. The predicted octanol–water partition coefficient (Wildman–Crippen LogP) is 2.58. The van der Waals surface area contributed by atoms with E-state index in [9.17, 15) is 9.90 Å². The molecular formula is C11H14ClNO3. The lowest BCUT2D eigenvalue weighted by Crippen LogP contribution is -2.24. The number of halogens is 1. The van der Waals surface area contributed by atoms with Crippen molar-refractivity contribution in [2.24, 2.45) is 0 Å². The van der Waals surface area contributed by atoms with E-state index in [0.29, 0.717) is 0 Å². The number of carbonyl (C=O) groups is 1. The van der Waals surface area contributed by atoms with Crippen molar-refractivity contribution in [2.45, 2.75) is 26.4 Å². The normalized spacial score (nSPS) is 11.2. The summed E-state index contributed by atoms with van der Waals surface area (Å²) in [6.45, 7) is 5.20. The van der Waals surface area contributed by atoms with E-state index in [4.69, 9.17) is 22.1 Å². The van der Waals surface area contributed by atoms with E-state index in [2.05, 4.69) is 0 Å². The first kappa shape index (κ1) is 12.6. The van der Waals surface area contributed by atoms with Crippen LogP contribution in [0.2, 0.25) is 5.02 Å². The zero-order valence-corrected chi connectivity index (χ0v) is 10.1. The SMILES string of the molecule is CC(C)(C)OC(=O)c1c(Cl)ccc(O)c1N. The quantitative estimate of drug-likeness (QED) is 0.452. The van der Waals surface area contributed by atoms with Gasteiger partial charge in [0, 0.05) is 0 Å². The number of esters is 1. The van der Waals surface area contributed by atoms with Gasteiger partial charge in [-0.3, -0.25) is 0 Å². The number of nitrogens with two attached hydrogens (primary N) is 1. The fourth-order valence-electron chi connectivity index (χ4n) is 1.12. The molecule has 16 heavy (non-hydrogen) atoms. The van der Waals surface area contributed by atoms with E-state index < -0.39 is 11.6 Å². The third kappa shape index (κ3) is 2.79. The minimum atomic E-state index is -0.647. The van der Waals surface area contributed by atoms with Crippen LogP contribution in [0.5, 0.6) is 5.75 Å². The number of phenolic OH excluding ortho intramolecular Hbond substituents is 1. The Balaban J connectivity index is 3.14. The number of aromatic hydroxyl groups is 1. The van der Waals surface area contributed by atoms with Crippen molar-refractivity contribution in [1.29, 1.82) is 0 Å². The molecule has 1 aromatic rings. The highest BCUT2D eigenvalue weighted by molar-refractivity contribution is 6.34. The van der Waals surface area contributed by atoms with Gasteiger partial charge in [0.25, 0.3) is 0 Å². The fourth-order valence-corrected chi connectivity index (χ4v) is 1.36. The van der Waals surface area contributed by atoms with E-state index >= 15 is 0 Å². The third-order valence-electron chi connectivity index (χ3n) is 1.77. The summed E-state index contributed by atoms with van der Waals surface area (Å²) >= 11 is 5.83. The van der Waals surface area contributed by atoms with Crippen LogP contribution in [-0.4, -0.2) is 16.7 Å². The zero-order chi connectivity index (χ0) is 12.5. The highest BCUT2D eigenvalue weighted by Gasteiger charge is 2.23. The van der Waals surface area contributed by atoms with Crippen molar-refractivity contribution < 1.29 is 14.6 Å². The van der Waals surface area contributed by atoms with Crippen LogP contribution in [0.25, 0.3) is 0 Å². The number of anilines is 1. The summed E-state index contributed by atoms with van der Waals surface area (Å²) in [6, 6.07) is 2.72. The number of benzene rings is 1. The summed E-state index contributed by atoms with van der Waals surface area (Å²) < 4.78 is 5.13. The van der Waals surface area contributed by atoms with Gasteiger partial charge >= 0.3 is 5.97 Å². The zero-order valence-electron chi connectivity index (χ0n) is 9.37. The Kier molecular flexibility index (Phi) is 3.33. The summed E-state index contributed by atoms with van der Waals surface area (Å²) in [5, 5.41) is 9.54. The Morgan fingerprint density at radius 3 is 2.50 bits per heavy atom. The van der Waals surface area contributed by atoms with Crippen molar-refractivity contribution in [1.82, 2.24) is 0 Å². The summed E-state index contributed by atoms with van der Waals surface area (Å²) in [5.41, 5.74) is 4.86.